The van der Waals surface area contributed by atoms with Crippen LogP contribution >= 0.6 is 0 Å². The molecule has 180 valence electrons. The van der Waals surface area contributed by atoms with Crippen LogP contribution < -0.4 is 20.3 Å². The summed E-state index contributed by atoms with van der Waals surface area (Å²) >= 11 is 0. The number of nitrogens with one attached hydrogen (secondary N) is 2. The second kappa shape index (κ2) is 9.84. The van der Waals surface area contributed by atoms with Crippen LogP contribution in [0.15, 0.2) is 53.3 Å². The first-order chi connectivity index (χ1) is 16.9. The maximum Gasteiger partial charge on any atom is 0.339 e. The Labute approximate surface area is 201 Å². The number of rotatable bonds is 6. The van der Waals surface area contributed by atoms with Gasteiger partial charge in [0.2, 0.25) is 0 Å². The first kappa shape index (κ1) is 23.7. The van der Waals surface area contributed by atoms with Gasteiger partial charge in [0, 0.05) is 17.7 Å². The number of ketones is 1. The number of carbonyl (C=O) groups is 3. The molecule has 0 saturated heterocycles. The fraction of sp³-hybridized carbons (Fsp3) is 0.231. The summed E-state index contributed by atoms with van der Waals surface area (Å²) < 4.78 is 15.4. The number of Topliss-reactive ketones (excluding diaryl/α,β-unsaturated/α-hetero) is 1. The molecule has 2 N–H and O–H groups in total. The topological polar surface area (TPSA) is 124 Å². The SMILES string of the molecule is COC(=O)c1ccccc1NC(=O)c1cc2c([nH]c1=O)C[C@@H](c1ccc(OC)c(OC)c1)CC2=O. The van der Waals surface area contributed by atoms with Gasteiger partial charge >= 0.3 is 5.97 Å². The third-order valence-corrected chi connectivity index (χ3v) is 6.01. The summed E-state index contributed by atoms with van der Waals surface area (Å²) in [5.41, 5.74) is 1.14. The first-order valence-corrected chi connectivity index (χ1v) is 10.9. The number of benzene rings is 2. The quantitative estimate of drug-likeness (QED) is 0.523. The van der Waals surface area contributed by atoms with E-state index in [2.05, 4.69) is 10.3 Å². The molecule has 9 nitrogen and oxygen atoms in total. The number of H-pyrrole nitrogens is 1. The average molecular weight is 476 g/mol. The highest BCUT2D eigenvalue weighted by Crippen LogP contribution is 2.36. The van der Waals surface area contributed by atoms with E-state index in [1.165, 1.54) is 32.4 Å². The maximum atomic E-state index is 13.0. The minimum absolute atomic E-state index is 0.145. The summed E-state index contributed by atoms with van der Waals surface area (Å²) in [6.07, 6.45) is 0.625. The van der Waals surface area contributed by atoms with E-state index in [4.69, 9.17) is 14.2 Å². The number of amides is 1. The molecule has 4 rings (SSSR count). The van der Waals surface area contributed by atoms with Gasteiger partial charge in [0.05, 0.1) is 32.6 Å². The lowest BCUT2D eigenvalue weighted by Gasteiger charge is -2.24. The monoisotopic (exact) mass is 476 g/mol. The van der Waals surface area contributed by atoms with Crippen molar-refractivity contribution >= 4 is 23.3 Å². The maximum absolute atomic E-state index is 13.0. The van der Waals surface area contributed by atoms with Crippen LogP contribution in [0.25, 0.3) is 0 Å². The number of pyridine rings is 1. The Kier molecular flexibility index (Phi) is 6.68. The molecular weight excluding hydrogens is 452 g/mol. The van der Waals surface area contributed by atoms with E-state index in [9.17, 15) is 19.2 Å². The predicted octanol–water partition coefficient (Wildman–Crippen LogP) is 3.34. The third-order valence-electron chi connectivity index (χ3n) is 6.01. The van der Waals surface area contributed by atoms with Crippen molar-refractivity contribution in [2.75, 3.05) is 26.6 Å². The molecule has 0 fully saturated rings. The Morgan fingerprint density at radius 1 is 0.914 bits per heavy atom. The summed E-state index contributed by atoms with van der Waals surface area (Å²) in [6.45, 7) is 0. The second-order valence-corrected chi connectivity index (χ2v) is 8.04. The number of hydrogen-bond acceptors (Lipinski definition) is 7. The van der Waals surface area contributed by atoms with Gasteiger partial charge in [-0.15, -0.1) is 0 Å². The Balaban J connectivity index is 1.62. The van der Waals surface area contributed by atoms with Crippen LogP contribution in [-0.2, 0) is 11.2 Å². The van der Waals surface area contributed by atoms with E-state index in [0.29, 0.717) is 29.2 Å². The van der Waals surface area contributed by atoms with Crippen molar-refractivity contribution in [3.05, 3.63) is 86.8 Å². The summed E-state index contributed by atoms with van der Waals surface area (Å²) in [4.78, 5) is 53.4. The van der Waals surface area contributed by atoms with Crippen molar-refractivity contribution in [2.24, 2.45) is 0 Å². The van der Waals surface area contributed by atoms with E-state index < -0.39 is 17.4 Å². The molecule has 0 spiro atoms. The molecule has 35 heavy (non-hydrogen) atoms. The zero-order chi connectivity index (χ0) is 25.1. The van der Waals surface area contributed by atoms with Crippen LogP contribution in [0.3, 0.4) is 0 Å². The fourth-order valence-electron chi connectivity index (χ4n) is 4.21. The zero-order valence-corrected chi connectivity index (χ0v) is 19.5. The number of carbonyl (C=O) groups excluding carboxylic acids is 3. The Hall–Kier alpha value is -4.40. The normalized spacial score (nSPS) is 14.6. The molecule has 0 radical (unpaired) electrons. The Bertz CT molecular complexity index is 1380. The molecule has 0 unspecified atom stereocenters. The van der Waals surface area contributed by atoms with Crippen molar-refractivity contribution in [3.8, 4) is 11.5 Å². The number of esters is 1. The summed E-state index contributed by atoms with van der Waals surface area (Å²) in [5, 5.41) is 2.57. The molecule has 0 aliphatic heterocycles. The molecule has 1 heterocycles. The molecule has 1 aliphatic carbocycles. The minimum Gasteiger partial charge on any atom is -0.493 e. The minimum atomic E-state index is -0.736. The van der Waals surface area contributed by atoms with Gasteiger partial charge in [0.15, 0.2) is 17.3 Å². The van der Waals surface area contributed by atoms with Gasteiger partial charge in [0.1, 0.15) is 5.56 Å². The molecule has 2 aromatic carbocycles. The molecule has 1 aliphatic rings. The number of fused-ring (bicyclic) bond motifs is 1. The number of para-hydroxylation sites is 1. The van der Waals surface area contributed by atoms with Gasteiger partial charge in [-0.1, -0.05) is 18.2 Å². The number of aromatic amines is 1. The van der Waals surface area contributed by atoms with E-state index in [1.54, 1.807) is 25.3 Å². The number of hydrogen-bond donors (Lipinski definition) is 2. The van der Waals surface area contributed by atoms with E-state index in [-0.39, 0.29) is 34.9 Å². The van der Waals surface area contributed by atoms with Gasteiger partial charge in [-0.25, -0.2) is 4.79 Å². The van der Waals surface area contributed by atoms with Gasteiger partial charge in [0.25, 0.3) is 11.5 Å². The van der Waals surface area contributed by atoms with Gasteiger partial charge in [-0.2, -0.15) is 0 Å². The molecule has 1 aromatic heterocycles. The highest BCUT2D eigenvalue weighted by Gasteiger charge is 2.29. The molecule has 9 heteroatoms. The molecule has 0 saturated carbocycles. The molecule has 3 aromatic rings. The lowest BCUT2D eigenvalue weighted by Crippen LogP contribution is -2.29. The lowest BCUT2D eigenvalue weighted by atomic mass is 9.81. The fourth-order valence-corrected chi connectivity index (χ4v) is 4.21. The molecule has 1 amide bonds. The Morgan fingerprint density at radius 3 is 2.37 bits per heavy atom. The molecule has 1 atom stereocenters. The summed E-state index contributed by atoms with van der Waals surface area (Å²) in [7, 11) is 4.32. The van der Waals surface area contributed by atoms with Gasteiger partial charge in [-0.05, 0) is 48.2 Å². The Morgan fingerprint density at radius 2 is 1.66 bits per heavy atom. The summed E-state index contributed by atoms with van der Waals surface area (Å²) in [6, 6.07) is 13.1. The average Bonchev–Trinajstić information content (AvgIpc) is 2.87. The largest absolute Gasteiger partial charge is 0.493 e. The van der Waals surface area contributed by atoms with E-state index in [1.807, 2.05) is 12.1 Å². The number of ether oxygens (including phenoxy) is 3. The predicted molar refractivity (Wildman–Crippen MR) is 128 cm³/mol. The van der Waals surface area contributed by atoms with Crippen LogP contribution in [-0.4, -0.2) is 44.0 Å². The van der Waals surface area contributed by atoms with Crippen molar-refractivity contribution in [1.29, 1.82) is 0 Å². The van der Waals surface area contributed by atoms with Crippen LogP contribution in [0.1, 0.15) is 54.7 Å². The lowest BCUT2D eigenvalue weighted by molar-refractivity contribution is 0.0601. The third kappa shape index (κ3) is 4.65. The van der Waals surface area contributed by atoms with Crippen molar-refractivity contribution < 1.29 is 28.6 Å². The number of anilines is 1. The standard InChI is InChI=1S/C26H24N2O7/c1-33-22-9-8-14(12-23(22)34-2)15-10-20-17(21(29)11-15)13-18(25(31)28-20)24(30)27-19-7-5-4-6-16(19)26(32)35-3/h4-9,12-13,15H,10-11H2,1-3H3,(H,27,30)(H,28,31)/t15-/m1/s1. The van der Waals surface area contributed by atoms with Crippen LogP contribution in [0.2, 0.25) is 0 Å². The second-order valence-electron chi connectivity index (χ2n) is 8.04. The van der Waals surface area contributed by atoms with E-state index >= 15 is 0 Å². The summed E-state index contributed by atoms with van der Waals surface area (Å²) in [5.74, 6) is -0.590. The first-order valence-electron chi connectivity index (χ1n) is 10.9. The van der Waals surface area contributed by atoms with Crippen molar-refractivity contribution in [1.82, 2.24) is 4.98 Å². The van der Waals surface area contributed by atoms with Gasteiger partial charge < -0.3 is 24.5 Å². The van der Waals surface area contributed by atoms with Crippen LogP contribution in [0.4, 0.5) is 5.69 Å². The highest BCUT2D eigenvalue weighted by molar-refractivity contribution is 6.09. The molecule has 0 bridgehead atoms. The van der Waals surface area contributed by atoms with Crippen LogP contribution in [0.5, 0.6) is 11.5 Å². The zero-order valence-electron chi connectivity index (χ0n) is 19.5. The van der Waals surface area contributed by atoms with E-state index in [0.717, 1.165) is 5.56 Å². The van der Waals surface area contributed by atoms with Gasteiger partial charge in [-0.3, -0.25) is 14.4 Å². The molecular formula is C26H24N2O7. The van der Waals surface area contributed by atoms with Crippen LogP contribution in [0, 0.1) is 0 Å². The smallest absolute Gasteiger partial charge is 0.339 e. The van der Waals surface area contributed by atoms with Crippen molar-refractivity contribution in [3.63, 3.8) is 0 Å². The highest BCUT2D eigenvalue weighted by atomic mass is 16.5. The number of methoxy groups -OCH3 is 3. The van der Waals surface area contributed by atoms with Crippen molar-refractivity contribution in [2.45, 2.75) is 18.8 Å². The number of aromatic nitrogens is 1.